The first-order chi connectivity index (χ1) is 12.2. The molecule has 25 heavy (non-hydrogen) atoms. The highest BCUT2D eigenvalue weighted by atomic mass is 19.1. The average Bonchev–Trinajstić information content (AvgIpc) is 3.44. The SMILES string of the molecule is O=C(c1ccccc1F)N1CCC[C@@]2(COCCN(CC3CC3)C2)C1. The Morgan fingerprint density at radius 3 is 2.88 bits per heavy atom. The van der Waals surface area contributed by atoms with Gasteiger partial charge in [0, 0.05) is 38.1 Å². The third kappa shape index (κ3) is 3.87. The number of benzene rings is 1. The molecular weight excluding hydrogens is 319 g/mol. The molecule has 1 aliphatic carbocycles. The van der Waals surface area contributed by atoms with Gasteiger partial charge in [0.2, 0.25) is 0 Å². The van der Waals surface area contributed by atoms with Gasteiger partial charge in [-0.15, -0.1) is 0 Å². The molecule has 1 aromatic rings. The first kappa shape index (κ1) is 17.0. The lowest BCUT2D eigenvalue weighted by Crippen LogP contribution is -2.52. The van der Waals surface area contributed by atoms with E-state index in [1.807, 2.05) is 4.90 Å². The fraction of sp³-hybridized carbons (Fsp3) is 0.650. The zero-order valence-electron chi connectivity index (χ0n) is 14.8. The minimum Gasteiger partial charge on any atom is -0.379 e. The highest BCUT2D eigenvalue weighted by molar-refractivity contribution is 5.94. The van der Waals surface area contributed by atoms with Gasteiger partial charge in [0.15, 0.2) is 0 Å². The van der Waals surface area contributed by atoms with Crippen LogP contribution in [0.15, 0.2) is 24.3 Å². The van der Waals surface area contributed by atoms with Gasteiger partial charge in [-0.2, -0.15) is 0 Å². The van der Waals surface area contributed by atoms with E-state index in [9.17, 15) is 9.18 Å². The van der Waals surface area contributed by atoms with Crippen LogP contribution in [0.1, 0.15) is 36.0 Å². The van der Waals surface area contributed by atoms with Crippen molar-refractivity contribution >= 4 is 5.91 Å². The third-order valence-corrected chi connectivity index (χ3v) is 5.79. The van der Waals surface area contributed by atoms with Crippen LogP contribution >= 0.6 is 0 Å². The number of ether oxygens (including phenoxy) is 1. The monoisotopic (exact) mass is 346 g/mol. The highest BCUT2D eigenvalue weighted by Gasteiger charge is 2.41. The van der Waals surface area contributed by atoms with Crippen LogP contribution in [0, 0.1) is 17.2 Å². The normalized spacial score (nSPS) is 28.1. The summed E-state index contributed by atoms with van der Waals surface area (Å²) >= 11 is 0. The summed E-state index contributed by atoms with van der Waals surface area (Å²) in [7, 11) is 0. The Balaban J connectivity index is 1.48. The molecule has 1 spiro atoms. The fourth-order valence-corrected chi connectivity index (χ4v) is 4.34. The number of hydrogen-bond donors (Lipinski definition) is 0. The summed E-state index contributed by atoms with van der Waals surface area (Å²) in [5, 5.41) is 0. The van der Waals surface area contributed by atoms with E-state index in [2.05, 4.69) is 4.90 Å². The number of rotatable bonds is 3. The summed E-state index contributed by atoms with van der Waals surface area (Å²) in [6.45, 7) is 5.99. The minimum absolute atomic E-state index is 0.00937. The highest BCUT2D eigenvalue weighted by Crippen LogP contribution is 2.36. The van der Waals surface area contributed by atoms with Crippen LogP contribution in [-0.4, -0.2) is 61.6 Å². The lowest BCUT2D eigenvalue weighted by molar-refractivity contribution is 0.00700. The van der Waals surface area contributed by atoms with Gasteiger partial charge in [-0.3, -0.25) is 4.79 Å². The van der Waals surface area contributed by atoms with Crippen molar-refractivity contribution in [3.8, 4) is 0 Å². The van der Waals surface area contributed by atoms with E-state index < -0.39 is 5.82 Å². The van der Waals surface area contributed by atoms with Gasteiger partial charge >= 0.3 is 0 Å². The second-order valence-corrected chi connectivity index (χ2v) is 8.04. The Hall–Kier alpha value is -1.46. The van der Waals surface area contributed by atoms with E-state index in [0.717, 1.165) is 45.0 Å². The third-order valence-electron chi connectivity index (χ3n) is 5.79. The Bertz CT molecular complexity index is 634. The van der Waals surface area contributed by atoms with E-state index in [-0.39, 0.29) is 16.9 Å². The molecule has 3 aliphatic rings. The van der Waals surface area contributed by atoms with Crippen LogP contribution in [-0.2, 0) is 4.74 Å². The Kier molecular flexibility index (Phi) is 4.78. The second-order valence-electron chi connectivity index (χ2n) is 8.04. The molecule has 0 aromatic heterocycles. The van der Waals surface area contributed by atoms with Crippen molar-refractivity contribution in [1.82, 2.24) is 9.80 Å². The number of hydrogen-bond acceptors (Lipinski definition) is 3. The molecule has 1 aromatic carbocycles. The maximum atomic E-state index is 14.0. The van der Waals surface area contributed by atoms with E-state index >= 15 is 0 Å². The number of halogens is 1. The molecule has 4 nitrogen and oxygen atoms in total. The molecule has 0 bridgehead atoms. The summed E-state index contributed by atoms with van der Waals surface area (Å²) in [4.78, 5) is 17.2. The van der Waals surface area contributed by atoms with Gasteiger partial charge in [0.05, 0.1) is 18.8 Å². The number of carbonyl (C=O) groups excluding carboxylic acids is 1. The topological polar surface area (TPSA) is 32.8 Å². The number of amides is 1. The summed E-state index contributed by atoms with van der Waals surface area (Å²) in [5.74, 6) is 0.240. The second kappa shape index (κ2) is 7.04. The van der Waals surface area contributed by atoms with Gasteiger partial charge in [-0.05, 0) is 43.7 Å². The Morgan fingerprint density at radius 1 is 1.24 bits per heavy atom. The predicted octanol–water partition coefficient (Wildman–Crippen LogP) is 2.79. The number of nitrogens with zero attached hydrogens (tertiary/aromatic N) is 2. The van der Waals surface area contributed by atoms with Crippen molar-refractivity contribution in [3.05, 3.63) is 35.6 Å². The van der Waals surface area contributed by atoms with Crippen molar-refractivity contribution in [2.45, 2.75) is 25.7 Å². The molecule has 4 rings (SSSR count). The first-order valence-corrected chi connectivity index (χ1v) is 9.49. The van der Waals surface area contributed by atoms with Crippen LogP contribution in [0.5, 0.6) is 0 Å². The van der Waals surface area contributed by atoms with Gasteiger partial charge < -0.3 is 14.5 Å². The summed E-state index contributed by atoms with van der Waals surface area (Å²) in [6, 6.07) is 6.29. The van der Waals surface area contributed by atoms with Crippen LogP contribution in [0.2, 0.25) is 0 Å². The lowest BCUT2D eigenvalue weighted by atomic mass is 9.79. The van der Waals surface area contributed by atoms with Crippen LogP contribution < -0.4 is 0 Å². The van der Waals surface area contributed by atoms with Crippen LogP contribution in [0.25, 0.3) is 0 Å². The zero-order chi connectivity index (χ0) is 17.3. The summed E-state index contributed by atoms with van der Waals surface area (Å²) < 4.78 is 19.9. The number of likely N-dealkylation sites (tertiary alicyclic amines) is 1. The Morgan fingerprint density at radius 2 is 2.08 bits per heavy atom. The number of carbonyl (C=O) groups is 1. The quantitative estimate of drug-likeness (QED) is 0.844. The molecule has 3 fully saturated rings. The molecule has 1 amide bonds. The molecule has 2 heterocycles. The molecule has 2 aliphatic heterocycles. The zero-order valence-corrected chi connectivity index (χ0v) is 14.8. The van der Waals surface area contributed by atoms with Crippen molar-refractivity contribution in [3.63, 3.8) is 0 Å². The van der Waals surface area contributed by atoms with Gasteiger partial charge in [0.25, 0.3) is 5.91 Å². The van der Waals surface area contributed by atoms with E-state index in [0.29, 0.717) is 19.7 Å². The Labute approximate surface area is 148 Å². The molecule has 2 saturated heterocycles. The van der Waals surface area contributed by atoms with Crippen molar-refractivity contribution in [2.24, 2.45) is 11.3 Å². The standard InChI is InChI=1S/C20H27FN2O2/c21-18-5-2-1-4-17(18)19(24)23-9-3-8-20(14-23)13-22(10-11-25-15-20)12-16-6-7-16/h1-2,4-5,16H,3,6-15H2/t20-/m0/s1. The molecular formula is C20H27FN2O2. The van der Waals surface area contributed by atoms with Gasteiger partial charge in [0.1, 0.15) is 5.82 Å². The van der Waals surface area contributed by atoms with Gasteiger partial charge in [-0.25, -0.2) is 4.39 Å². The van der Waals surface area contributed by atoms with Crippen LogP contribution in [0.4, 0.5) is 4.39 Å². The maximum Gasteiger partial charge on any atom is 0.256 e. The van der Waals surface area contributed by atoms with E-state index in [1.165, 1.54) is 18.9 Å². The molecule has 136 valence electrons. The molecule has 0 N–H and O–H groups in total. The first-order valence-electron chi connectivity index (χ1n) is 9.49. The average molecular weight is 346 g/mol. The van der Waals surface area contributed by atoms with Crippen molar-refractivity contribution < 1.29 is 13.9 Å². The van der Waals surface area contributed by atoms with E-state index in [4.69, 9.17) is 4.74 Å². The molecule has 1 atom stereocenters. The van der Waals surface area contributed by atoms with Crippen LogP contribution in [0.3, 0.4) is 0 Å². The summed E-state index contributed by atoms with van der Waals surface area (Å²) in [6.07, 6.45) is 4.74. The van der Waals surface area contributed by atoms with Crippen molar-refractivity contribution in [1.29, 1.82) is 0 Å². The number of piperidine rings is 1. The maximum absolute atomic E-state index is 14.0. The smallest absolute Gasteiger partial charge is 0.256 e. The fourth-order valence-electron chi connectivity index (χ4n) is 4.34. The van der Waals surface area contributed by atoms with Crippen molar-refractivity contribution in [2.75, 3.05) is 45.9 Å². The molecule has 0 radical (unpaired) electrons. The van der Waals surface area contributed by atoms with Gasteiger partial charge in [-0.1, -0.05) is 12.1 Å². The van der Waals surface area contributed by atoms with E-state index in [1.54, 1.807) is 18.2 Å². The molecule has 0 unspecified atom stereocenters. The summed E-state index contributed by atoms with van der Waals surface area (Å²) in [5.41, 5.74) is 0.175. The molecule has 5 heteroatoms. The largest absolute Gasteiger partial charge is 0.379 e. The predicted molar refractivity (Wildman–Crippen MR) is 94.0 cm³/mol. The minimum atomic E-state index is -0.431. The lowest BCUT2D eigenvalue weighted by Gasteiger charge is -2.43. The molecule has 1 saturated carbocycles.